The summed E-state index contributed by atoms with van der Waals surface area (Å²) in [6, 6.07) is 7.74. The molecule has 7 heteroatoms. The van der Waals surface area contributed by atoms with E-state index in [1.807, 2.05) is 42.7 Å². The number of carboxylic acid groups (broad SMARTS) is 1. The van der Waals surface area contributed by atoms with E-state index in [1.54, 1.807) is 0 Å². The van der Waals surface area contributed by atoms with Crippen molar-refractivity contribution < 1.29 is 9.90 Å². The lowest BCUT2D eigenvalue weighted by Crippen LogP contribution is -2.06. The average molecular weight is 356 g/mol. The van der Waals surface area contributed by atoms with Gasteiger partial charge in [-0.25, -0.2) is 0 Å². The maximum atomic E-state index is 10.7. The largest absolute Gasteiger partial charge is 0.481 e. The van der Waals surface area contributed by atoms with E-state index in [-0.39, 0.29) is 11.7 Å². The first-order valence-corrected chi connectivity index (χ1v) is 7.83. The molecule has 0 unspecified atom stereocenters. The second-order valence-electron chi connectivity index (χ2n) is 4.46. The molecule has 1 aromatic carbocycles. The van der Waals surface area contributed by atoms with Crippen LogP contribution in [0.3, 0.4) is 0 Å². The fraction of sp³-hybridized carbons (Fsp3) is 0.308. The van der Waals surface area contributed by atoms with Gasteiger partial charge in [0.05, 0.1) is 11.4 Å². The minimum absolute atomic E-state index is 0.0410. The Hall–Kier alpha value is -1.34. The van der Waals surface area contributed by atoms with Crippen LogP contribution in [0.2, 0.25) is 0 Å². The summed E-state index contributed by atoms with van der Waals surface area (Å²) in [4.78, 5) is 10.7. The number of aromatic nitrogens is 3. The van der Waals surface area contributed by atoms with Crippen molar-refractivity contribution in [2.75, 3.05) is 5.75 Å². The van der Waals surface area contributed by atoms with Crippen LogP contribution in [0.1, 0.15) is 25.6 Å². The van der Waals surface area contributed by atoms with Gasteiger partial charge in [-0.05, 0) is 28.1 Å². The molecule has 5 nitrogen and oxygen atoms in total. The minimum Gasteiger partial charge on any atom is -0.481 e. The van der Waals surface area contributed by atoms with Gasteiger partial charge in [0.15, 0.2) is 5.16 Å². The highest BCUT2D eigenvalue weighted by Gasteiger charge is 2.19. The van der Waals surface area contributed by atoms with Gasteiger partial charge < -0.3 is 5.11 Å². The average Bonchev–Trinajstić information content (AvgIpc) is 2.80. The first-order chi connectivity index (χ1) is 9.50. The van der Waals surface area contributed by atoms with E-state index in [2.05, 4.69) is 26.1 Å². The zero-order valence-corrected chi connectivity index (χ0v) is 13.5. The second kappa shape index (κ2) is 6.41. The number of nitrogens with zero attached hydrogens (tertiary/aromatic N) is 3. The summed E-state index contributed by atoms with van der Waals surface area (Å²) in [7, 11) is 0. The van der Waals surface area contributed by atoms with Gasteiger partial charge in [-0.1, -0.05) is 37.7 Å². The number of aliphatic carboxylic acids is 1. The van der Waals surface area contributed by atoms with Gasteiger partial charge in [0.2, 0.25) is 0 Å². The quantitative estimate of drug-likeness (QED) is 0.833. The van der Waals surface area contributed by atoms with Crippen molar-refractivity contribution in [3.8, 4) is 5.69 Å². The summed E-state index contributed by atoms with van der Waals surface area (Å²) >= 11 is 4.68. The summed E-state index contributed by atoms with van der Waals surface area (Å²) in [5, 5.41) is 17.7. The first kappa shape index (κ1) is 15.1. The Morgan fingerprint density at radius 3 is 2.70 bits per heavy atom. The normalized spacial score (nSPS) is 11.0. The molecule has 0 aliphatic heterocycles. The zero-order valence-electron chi connectivity index (χ0n) is 11.1. The van der Waals surface area contributed by atoms with E-state index >= 15 is 0 Å². The number of hydrogen-bond donors (Lipinski definition) is 1. The molecule has 1 N–H and O–H groups in total. The van der Waals surface area contributed by atoms with Crippen molar-refractivity contribution in [3.05, 3.63) is 34.6 Å². The van der Waals surface area contributed by atoms with E-state index in [1.165, 1.54) is 11.8 Å². The third-order valence-corrected chi connectivity index (χ3v) is 4.18. The van der Waals surface area contributed by atoms with Crippen molar-refractivity contribution in [2.45, 2.75) is 24.9 Å². The summed E-state index contributed by atoms with van der Waals surface area (Å²) in [6.07, 6.45) is 0. The van der Waals surface area contributed by atoms with Crippen LogP contribution >= 0.6 is 27.7 Å². The molecule has 2 rings (SSSR count). The van der Waals surface area contributed by atoms with Gasteiger partial charge in [0.1, 0.15) is 5.82 Å². The number of rotatable bonds is 5. The van der Waals surface area contributed by atoms with Crippen LogP contribution in [0.4, 0.5) is 0 Å². The molecule has 0 radical (unpaired) electrons. The standard InChI is InChI=1S/C13H14BrN3O2S/c1-8(2)12-15-16-13(20-7-11(18)19)17(12)10-6-4-3-5-9(10)14/h3-6,8H,7H2,1-2H3,(H,18,19). The fourth-order valence-corrected chi connectivity index (χ4v) is 2.87. The molecule has 20 heavy (non-hydrogen) atoms. The molecule has 0 bridgehead atoms. The van der Waals surface area contributed by atoms with Crippen molar-refractivity contribution in [1.29, 1.82) is 0 Å². The molecule has 0 amide bonds. The summed E-state index contributed by atoms with van der Waals surface area (Å²) in [6.45, 7) is 4.06. The van der Waals surface area contributed by atoms with Crippen LogP contribution in [-0.4, -0.2) is 31.6 Å². The third kappa shape index (κ3) is 3.21. The number of para-hydroxylation sites is 1. The molecular weight excluding hydrogens is 342 g/mol. The lowest BCUT2D eigenvalue weighted by molar-refractivity contribution is -0.133. The maximum absolute atomic E-state index is 10.7. The van der Waals surface area contributed by atoms with E-state index < -0.39 is 5.97 Å². The highest BCUT2D eigenvalue weighted by Crippen LogP contribution is 2.29. The fourth-order valence-electron chi connectivity index (χ4n) is 1.73. The third-order valence-electron chi connectivity index (χ3n) is 2.59. The molecule has 1 aromatic heterocycles. The lowest BCUT2D eigenvalue weighted by atomic mass is 10.2. The van der Waals surface area contributed by atoms with E-state index in [4.69, 9.17) is 5.11 Å². The van der Waals surface area contributed by atoms with Crippen LogP contribution < -0.4 is 0 Å². The Bertz CT molecular complexity index is 628. The molecular formula is C13H14BrN3O2S. The maximum Gasteiger partial charge on any atom is 0.313 e. The Kier molecular flexibility index (Phi) is 4.82. The smallest absolute Gasteiger partial charge is 0.313 e. The topological polar surface area (TPSA) is 68.0 Å². The van der Waals surface area contributed by atoms with Crippen molar-refractivity contribution in [2.24, 2.45) is 0 Å². The zero-order chi connectivity index (χ0) is 14.7. The van der Waals surface area contributed by atoms with Crippen LogP contribution in [0.15, 0.2) is 33.9 Å². The number of carboxylic acids is 1. The van der Waals surface area contributed by atoms with Crippen molar-refractivity contribution in [1.82, 2.24) is 14.8 Å². The number of carbonyl (C=O) groups is 1. The highest BCUT2D eigenvalue weighted by molar-refractivity contribution is 9.10. The van der Waals surface area contributed by atoms with Crippen LogP contribution in [0.25, 0.3) is 5.69 Å². The molecule has 0 aliphatic rings. The van der Waals surface area contributed by atoms with Gasteiger partial charge in [-0.3, -0.25) is 9.36 Å². The SMILES string of the molecule is CC(C)c1nnc(SCC(=O)O)n1-c1ccccc1Br. The molecule has 106 valence electrons. The van der Waals surface area contributed by atoms with E-state index in [0.29, 0.717) is 5.16 Å². The Balaban J connectivity index is 2.50. The van der Waals surface area contributed by atoms with Crippen molar-refractivity contribution in [3.63, 3.8) is 0 Å². The molecule has 0 fully saturated rings. The molecule has 0 saturated heterocycles. The Morgan fingerprint density at radius 1 is 1.40 bits per heavy atom. The van der Waals surface area contributed by atoms with Gasteiger partial charge >= 0.3 is 5.97 Å². The van der Waals surface area contributed by atoms with Crippen LogP contribution in [0.5, 0.6) is 0 Å². The Morgan fingerprint density at radius 2 is 2.10 bits per heavy atom. The molecule has 0 saturated carbocycles. The number of benzene rings is 1. The first-order valence-electron chi connectivity index (χ1n) is 6.05. The van der Waals surface area contributed by atoms with Gasteiger partial charge in [0, 0.05) is 10.4 Å². The molecule has 0 atom stereocenters. The Labute approximate surface area is 129 Å². The predicted octanol–water partition coefficient (Wildman–Crippen LogP) is 3.33. The molecule has 2 aromatic rings. The minimum atomic E-state index is -0.872. The summed E-state index contributed by atoms with van der Waals surface area (Å²) < 4.78 is 2.82. The number of hydrogen-bond acceptors (Lipinski definition) is 4. The van der Waals surface area contributed by atoms with Crippen LogP contribution in [-0.2, 0) is 4.79 Å². The van der Waals surface area contributed by atoms with Gasteiger partial charge in [0.25, 0.3) is 0 Å². The second-order valence-corrected chi connectivity index (χ2v) is 6.26. The lowest BCUT2D eigenvalue weighted by Gasteiger charge is -2.13. The summed E-state index contributed by atoms with van der Waals surface area (Å²) in [5.41, 5.74) is 0.911. The monoisotopic (exact) mass is 355 g/mol. The van der Waals surface area contributed by atoms with Gasteiger partial charge in [-0.15, -0.1) is 10.2 Å². The van der Waals surface area contributed by atoms with Crippen molar-refractivity contribution >= 4 is 33.7 Å². The predicted molar refractivity (Wildman–Crippen MR) is 81.5 cm³/mol. The highest BCUT2D eigenvalue weighted by atomic mass is 79.9. The number of thioether (sulfide) groups is 1. The molecule has 1 heterocycles. The van der Waals surface area contributed by atoms with Gasteiger partial charge in [-0.2, -0.15) is 0 Å². The van der Waals surface area contributed by atoms with E-state index in [9.17, 15) is 4.79 Å². The van der Waals surface area contributed by atoms with E-state index in [0.717, 1.165) is 16.0 Å². The molecule has 0 spiro atoms. The molecule has 0 aliphatic carbocycles. The number of halogens is 1. The van der Waals surface area contributed by atoms with Crippen LogP contribution in [0, 0.1) is 0 Å². The summed E-state index contributed by atoms with van der Waals surface area (Å²) in [5.74, 6) is 0.0853.